The maximum absolute atomic E-state index is 10.1. The van der Waals surface area contributed by atoms with Crippen LogP contribution in [0.25, 0.3) is 0 Å². The molecule has 2 atom stereocenters. The summed E-state index contributed by atoms with van der Waals surface area (Å²) in [5.74, 6) is 0.148. The molecule has 1 rings (SSSR count). The van der Waals surface area contributed by atoms with Gasteiger partial charge in [-0.25, -0.2) is 0 Å². The second-order valence-corrected chi connectivity index (χ2v) is 2.49. The Labute approximate surface area is 55.2 Å². The Balaban J connectivity index is 2.28. The van der Waals surface area contributed by atoms with Gasteiger partial charge in [0.15, 0.2) is 0 Å². The van der Waals surface area contributed by atoms with Crippen molar-refractivity contribution in [2.45, 2.75) is 25.4 Å². The monoisotopic (exact) mass is 127 g/mol. The van der Waals surface area contributed by atoms with E-state index in [0.717, 1.165) is 19.3 Å². The Hall–Kier alpha value is -0.370. The molecule has 0 aromatic carbocycles. The van der Waals surface area contributed by atoms with Crippen molar-refractivity contribution in [2.75, 3.05) is 7.11 Å². The lowest BCUT2D eigenvalue weighted by Crippen LogP contribution is -2.04. The van der Waals surface area contributed by atoms with Gasteiger partial charge in [0.05, 0.1) is 6.10 Å². The minimum Gasteiger partial charge on any atom is -0.381 e. The molecule has 0 aliphatic heterocycles. The molecular formula is C7H11O2. The Morgan fingerprint density at radius 1 is 1.56 bits per heavy atom. The molecule has 0 amide bonds. The number of ether oxygens (including phenoxy) is 1. The predicted molar refractivity (Wildman–Crippen MR) is 33.8 cm³/mol. The summed E-state index contributed by atoms with van der Waals surface area (Å²) in [4.78, 5) is 10.1. The molecule has 0 aromatic heterocycles. The van der Waals surface area contributed by atoms with Crippen molar-refractivity contribution in [3.8, 4) is 0 Å². The normalized spacial score (nSPS) is 34.8. The molecular weight excluding hydrogens is 116 g/mol. The van der Waals surface area contributed by atoms with Gasteiger partial charge in [-0.15, -0.1) is 0 Å². The van der Waals surface area contributed by atoms with Gasteiger partial charge >= 0.3 is 0 Å². The Kier molecular flexibility index (Phi) is 2.22. The van der Waals surface area contributed by atoms with Crippen molar-refractivity contribution >= 4 is 6.29 Å². The van der Waals surface area contributed by atoms with E-state index in [1.807, 2.05) is 6.29 Å². The van der Waals surface area contributed by atoms with E-state index >= 15 is 0 Å². The first-order chi connectivity index (χ1) is 4.36. The minimum absolute atomic E-state index is 0.148. The second kappa shape index (κ2) is 2.97. The van der Waals surface area contributed by atoms with Gasteiger partial charge in [-0.2, -0.15) is 0 Å². The lowest BCUT2D eigenvalue weighted by atomic mass is 10.1. The molecule has 0 bridgehead atoms. The van der Waals surface area contributed by atoms with Crippen LogP contribution in [0.5, 0.6) is 0 Å². The van der Waals surface area contributed by atoms with Crippen molar-refractivity contribution in [1.29, 1.82) is 0 Å². The molecule has 0 spiro atoms. The summed E-state index contributed by atoms with van der Waals surface area (Å²) in [5.41, 5.74) is 0. The average Bonchev–Trinajstić information content (AvgIpc) is 2.34. The zero-order valence-electron chi connectivity index (χ0n) is 5.59. The Bertz CT molecular complexity index is 101. The van der Waals surface area contributed by atoms with Crippen molar-refractivity contribution < 1.29 is 9.53 Å². The average molecular weight is 127 g/mol. The molecule has 2 heteroatoms. The van der Waals surface area contributed by atoms with Crippen molar-refractivity contribution in [3.63, 3.8) is 0 Å². The first-order valence-corrected chi connectivity index (χ1v) is 3.27. The summed E-state index contributed by atoms with van der Waals surface area (Å²) in [6.45, 7) is 0. The highest BCUT2D eigenvalue weighted by Crippen LogP contribution is 2.25. The van der Waals surface area contributed by atoms with Crippen molar-refractivity contribution in [3.05, 3.63) is 0 Å². The number of rotatable bonds is 2. The predicted octanol–water partition coefficient (Wildman–Crippen LogP) is 0.911. The van der Waals surface area contributed by atoms with Crippen LogP contribution in [0.2, 0.25) is 0 Å². The maximum atomic E-state index is 10.1. The SMILES string of the molecule is COC1CCC([C]=O)C1. The zero-order chi connectivity index (χ0) is 6.69. The number of methoxy groups -OCH3 is 1. The van der Waals surface area contributed by atoms with Crippen molar-refractivity contribution in [1.82, 2.24) is 0 Å². The molecule has 1 aliphatic rings. The molecule has 9 heavy (non-hydrogen) atoms. The van der Waals surface area contributed by atoms with E-state index in [2.05, 4.69) is 0 Å². The standard InChI is InChI=1S/C7H11O2/c1-9-7-3-2-6(4-7)5-8/h6-7H,2-4H2,1H3. The van der Waals surface area contributed by atoms with Gasteiger partial charge in [0.25, 0.3) is 0 Å². The van der Waals surface area contributed by atoms with E-state index in [0.29, 0.717) is 6.10 Å². The summed E-state index contributed by atoms with van der Waals surface area (Å²) in [6, 6.07) is 0. The lowest BCUT2D eigenvalue weighted by Gasteiger charge is -2.03. The molecule has 1 fully saturated rings. The summed E-state index contributed by atoms with van der Waals surface area (Å²) >= 11 is 0. The summed E-state index contributed by atoms with van der Waals surface area (Å²) in [5, 5.41) is 0. The van der Waals surface area contributed by atoms with E-state index in [-0.39, 0.29) is 5.92 Å². The number of carbonyl (C=O) groups excluding carboxylic acids is 1. The summed E-state index contributed by atoms with van der Waals surface area (Å²) < 4.78 is 5.06. The van der Waals surface area contributed by atoms with Crippen LogP contribution >= 0.6 is 0 Å². The van der Waals surface area contributed by atoms with Crippen LogP contribution in [0.15, 0.2) is 0 Å². The van der Waals surface area contributed by atoms with Gasteiger partial charge in [-0.1, -0.05) is 0 Å². The third-order valence-electron chi connectivity index (χ3n) is 1.88. The molecule has 0 N–H and O–H groups in total. The van der Waals surface area contributed by atoms with Crippen LogP contribution in [-0.4, -0.2) is 19.5 Å². The molecule has 0 heterocycles. The van der Waals surface area contributed by atoms with Gasteiger partial charge in [0.2, 0.25) is 6.29 Å². The zero-order valence-corrected chi connectivity index (χ0v) is 5.59. The molecule has 1 saturated carbocycles. The van der Waals surface area contributed by atoms with Gasteiger partial charge in [0, 0.05) is 13.0 Å². The summed E-state index contributed by atoms with van der Waals surface area (Å²) in [7, 11) is 1.69. The molecule has 51 valence electrons. The lowest BCUT2D eigenvalue weighted by molar-refractivity contribution is 0.107. The van der Waals surface area contributed by atoms with Crippen LogP contribution in [0.3, 0.4) is 0 Å². The highest BCUT2D eigenvalue weighted by atomic mass is 16.5. The van der Waals surface area contributed by atoms with Crippen LogP contribution in [0.1, 0.15) is 19.3 Å². The Morgan fingerprint density at radius 3 is 2.67 bits per heavy atom. The van der Waals surface area contributed by atoms with Gasteiger partial charge in [-0.05, 0) is 19.3 Å². The fraction of sp³-hybridized carbons (Fsp3) is 0.857. The maximum Gasteiger partial charge on any atom is 0.201 e. The van der Waals surface area contributed by atoms with Gasteiger partial charge < -0.3 is 4.74 Å². The first-order valence-electron chi connectivity index (χ1n) is 3.27. The van der Waals surface area contributed by atoms with E-state index in [1.54, 1.807) is 7.11 Å². The van der Waals surface area contributed by atoms with E-state index in [1.165, 1.54) is 0 Å². The van der Waals surface area contributed by atoms with Crippen LogP contribution in [-0.2, 0) is 9.53 Å². The number of hydrogen-bond donors (Lipinski definition) is 0. The molecule has 1 radical (unpaired) electrons. The molecule has 1 aliphatic carbocycles. The quantitative estimate of drug-likeness (QED) is 0.551. The van der Waals surface area contributed by atoms with E-state index < -0.39 is 0 Å². The van der Waals surface area contributed by atoms with Gasteiger partial charge in [-0.3, -0.25) is 4.79 Å². The van der Waals surface area contributed by atoms with Crippen molar-refractivity contribution in [2.24, 2.45) is 5.92 Å². The van der Waals surface area contributed by atoms with E-state index in [9.17, 15) is 4.79 Å². The highest BCUT2D eigenvalue weighted by Gasteiger charge is 2.23. The number of hydrogen-bond acceptors (Lipinski definition) is 2. The molecule has 0 aromatic rings. The summed E-state index contributed by atoms with van der Waals surface area (Å²) in [6.07, 6.45) is 5.17. The van der Waals surface area contributed by atoms with E-state index in [4.69, 9.17) is 4.74 Å². The van der Waals surface area contributed by atoms with Crippen LogP contribution in [0, 0.1) is 5.92 Å². The largest absolute Gasteiger partial charge is 0.381 e. The first kappa shape index (κ1) is 6.75. The van der Waals surface area contributed by atoms with Gasteiger partial charge in [0.1, 0.15) is 0 Å². The smallest absolute Gasteiger partial charge is 0.201 e. The molecule has 2 nitrogen and oxygen atoms in total. The Morgan fingerprint density at radius 2 is 2.33 bits per heavy atom. The molecule has 2 unspecified atom stereocenters. The second-order valence-electron chi connectivity index (χ2n) is 2.49. The molecule has 0 saturated heterocycles. The minimum atomic E-state index is 0.148. The topological polar surface area (TPSA) is 26.3 Å². The fourth-order valence-electron chi connectivity index (χ4n) is 1.26. The third kappa shape index (κ3) is 1.52. The third-order valence-corrected chi connectivity index (χ3v) is 1.88. The fourth-order valence-corrected chi connectivity index (χ4v) is 1.26. The highest BCUT2D eigenvalue weighted by molar-refractivity contribution is 5.55. The van der Waals surface area contributed by atoms with Crippen LogP contribution in [0.4, 0.5) is 0 Å². The van der Waals surface area contributed by atoms with Crippen LogP contribution < -0.4 is 0 Å².